The third-order valence-electron chi connectivity index (χ3n) is 5.20. The van der Waals surface area contributed by atoms with E-state index in [9.17, 15) is 4.79 Å². The summed E-state index contributed by atoms with van der Waals surface area (Å²) in [6.07, 6.45) is -0.303. The first kappa shape index (κ1) is 17.3. The molecule has 0 atom stereocenters. The Hall–Kier alpha value is -1.53. The summed E-state index contributed by atoms with van der Waals surface area (Å²) in [4.78, 5) is 13.7. The molecule has 2 aliphatic rings. The van der Waals surface area contributed by atoms with E-state index in [4.69, 9.17) is 14.0 Å². The molecule has 2 fully saturated rings. The molecule has 0 spiro atoms. The summed E-state index contributed by atoms with van der Waals surface area (Å²) in [7, 11) is -0.397. The van der Waals surface area contributed by atoms with E-state index in [1.165, 1.54) is 0 Å². The van der Waals surface area contributed by atoms with E-state index in [-0.39, 0.29) is 17.3 Å². The molecule has 24 heavy (non-hydrogen) atoms. The molecule has 1 aromatic carbocycles. The first-order valence-electron chi connectivity index (χ1n) is 8.39. The molecule has 3 rings (SSSR count). The molecule has 0 bridgehead atoms. The second-order valence-electron chi connectivity index (χ2n) is 8.34. The van der Waals surface area contributed by atoms with E-state index in [1.54, 1.807) is 4.90 Å². The smallest absolute Gasteiger partial charge is 0.441 e. The van der Waals surface area contributed by atoms with E-state index in [0.717, 1.165) is 16.7 Å². The monoisotopic (exact) mass is 331 g/mol. The van der Waals surface area contributed by atoms with Gasteiger partial charge in [0.25, 0.3) is 0 Å². The van der Waals surface area contributed by atoms with Crippen LogP contribution in [-0.4, -0.2) is 36.6 Å². The Labute approximate surface area is 144 Å². The zero-order valence-electron chi connectivity index (χ0n) is 15.6. The molecule has 0 aliphatic carbocycles. The molecule has 2 aliphatic heterocycles. The third-order valence-corrected chi connectivity index (χ3v) is 5.20. The van der Waals surface area contributed by atoms with E-state index in [0.29, 0.717) is 6.54 Å². The number of carbonyl (C=O) groups is 1. The standard InChI is InChI=1S/C18H26BNO4/c1-12-10-13(20-11-16(2,3)22-15(20)21)8-9-14(12)19-23-17(4,5)18(6,7)24-19/h8-10H,11H2,1-7H3. The predicted molar refractivity (Wildman–Crippen MR) is 94.8 cm³/mol. The molecule has 0 radical (unpaired) electrons. The summed E-state index contributed by atoms with van der Waals surface area (Å²) in [5, 5.41) is 0. The fraction of sp³-hybridized carbons (Fsp3) is 0.611. The number of hydrogen-bond acceptors (Lipinski definition) is 4. The van der Waals surface area contributed by atoms with Crippen LogP contribution in [0.4, 0.5) is 10.5 Å². The van der Waals surface area contributed by atoms with Crippen LogP contribution in [0.15, 0.2) is 18.2 Å². The molecule has 0 N–H and O–H groups in total. The highest BCUT2D eigenvalue weighted by Gasteiger charge is 2.52. The van der Waals surface area contributed by atoms with Crippen LogP contribution in [0.3, 0.4) is 0 Å². The lowest BCUT2D eigenvalue weighted by atomic mass is 9.76. The molecule has 2 heterocycles. The number of carbonyl (C=O) groups excluding carboxylic acids is 1. The van der Waals surface area contributed by atoms with Crippen molar-refractivity contribution >= 4 is 24.4 Å². The maximum Gasteiger partial charge on any atom is 0.495 e. The Morgan fingerprint density at radius 3 is 2.08 bits per heavy atom. The fourth-order valence-corrected chi connectivity index (χ4v) is 3.03. The van der Waals surface area contributed by atoms with Crippen molar-refractivity contribution in [2.45, 2.75) is 65.3 Å². The minimum atomic E-state index is -0.463. The molecule has 0 saturated carbocycles. The van der Waals surface area contributed by atoms with Crippen LogP contribution >= 0.6 is 0 Å². The Kier molecular flexibility index (Phi) is 3.77. The van der Waals surface area contributed by atoms with Gasteiger partial charge < -0.3 is 14.0 Å². The van der Waals surface area contributed by atoms with Crippen LogP contribution in [0.25, 0.3) is 0 Å². The van der Waals surface area contributed by atoms with E-state index >= 15 is 0 Å². The quantitative estimate of drug-likeness (QED) is 0.782. The Bertz CT molecular complexity index is 668. The average Bonchev–Trinajstić information content (AvgIpc) is 2.81. The summed E-state index contributed by atoms with van der Waals surface area (Å²) in [5.74, 6) is 0. The average molecular weight is 331 g/mol. The van der Waals surface area contributed by atoms with Gasteiger partial charge in [-0.3, -0.25) is 4.90 Å². The highest BCUT2D eigenvalue weighted by Crippen LogP contribution is 2.37. The minimum absolute atomic E-state index is 0.303. The van der Waals surface area contributed by atoms with Crippen molar-refractivity contribution in [1.29, 1.82) is 0 Å². The zero-order chi connectivity index (χ0) is 17.9. The summed E-state index contributed by atoms with van der Waals surface area (Å²) in [6.45, 7) is 14.5. The molecule has 2 saturated heterocycles. The first-order valence-corrected chi connectivity index (χ1v) is 8.39. The lowest BCUT2D eigenvalue weighted by Gasteiger charge is -2.32. The Balaban J connectivity index is 1.86. The Morgan fingerprint density at radius 1 is 1.04 bits per heavy atom. The van der Waals surface area contributed by atoms with Gasteiger partial charge in [0, 0.05) is 5.69 Å². The first-order chi connectivity index (χ1) is 10.9. The molecule has 1 amide bonds. The SMILES string of the molecule is Cc1cc(N2CC(C)(C)OC2=O)ccc1B1OC(C)(C)C(C)(C)O1. The van der Waals surface area contributed by atoms with Gasteiger partial charge in [-0.25, -0.2) is 4.79 Å². The summed E-state index contributed by atoms with van der Waals surface area (Å²) < 4.78 is 17.6. The van der Waals surface area contributed by atoms with Gasteiger partial charge in [0.1, 0.15) is 5.60 Å². The van der Waals surface area contributed by atoms with Crippen LogP contribution in [0.1, 0.15) is 47.1 Å². The maximum atomic E-state index is 12.1. The Morgan fingerprint density at radius 2 is 1.62 bits per heavy atom. The molecular weight excluding hydrogens is 305 g/mol. The van der Waals surface area contributed by atoms with Crippen molar-refractivity contribution in [3.63, 3.8) is 0 Å². The van der Waals surface area contributed by atoms with Crippen molar-refractivity contribution in [3.8, 4) is 0 Å². The van der Waals surface area contributed by atoms with Crippen molar-refractivity contribution in [3.05, 3.63) is 23.8 Å². The third kappa shape index (κ3) is 2.82. The number of nitrogens with zero attached hydrogens (tertiary/aromatic N) is 1. The maximum absolute atomic E-state index is 12.1. The number of hydrogen-bond donors (Lipinski definition) is 0. The largest absolute Gasteiger partial charge is 0.495 e. The lowest BCUT2D eigenvalue weighted by molar-refractivity contribution is 0.00578. The fourth-order valence-electron chi connectivity index (χ4n) is 3.03. The topological polar surface area (TPSA) is 48.0 Å². The van der Waals surface area contributed by atoms with Gasteiger partial charge in [0.05, 0.1) is 17.7 Å². The second-order valence-corrected chi connectivity index (χ2v) is 8.34. The molecule has 0 aromatic heterocycles. The van der Waals surface area contributed by atoms with Crippen molar-refractivity contribution in [2.75, 3.05) is 11.4 Å². The number of cyclic esters (lactones) is 1. The molecular formula is C18H26BNO4. The van der Waals surface area contributed by atoms with Crippen molar-refractivity contribution in [2.24, 2.45) is 0 Å². The number of benzene rings is 1. The van der Waals surface area contributed by atoms with E-state index in [1.807, 2.05) is 66.7 Å². The van der Waals surface area contributed by atoms with Gasteiger partial charge in [-0.05, 0) is 71.6 Å². The van der Waals surface area contributed by atoms with Gasteiger partial charge in [0.2, 0.25) is 0 Å². The number of amides is 1. The van der Waals surface area contributed by atoms with Gasteiger partial charge in [0.15, 0.2) is 0 Å². The summed E-state index contributed by atoms with van der Waals surface area (Å²) in [5.41, 5.74) is 1.66. The second kappa shape index (κ2) is 5.23. The van der Waals surface area contributed by atoms with Crippen LogP contribution in [0, 0.1) is 6.92 Å². The van der Waals surface area contributed by atoms with Crippen LogP contribution in [0.5, 0.6) is 0 Å². The van der Waals surface area contributed by atoms with Gasteiger partial charge >= 0.3 is 13.2 Å². The minimum Gasteiger partial charge on any atom is -0.441 e. The van der Waals surface area contributed by atoms with Crippen LogP contribution in [0.2, 0.25) is 0 Å². The normalized spacial score (nSPS) is 24.4. The van der Waals surface area contributed by atoms with Crippen LogP contribution < -0.4 is 10.4 Å². The van der Waals surface area contributed by atoms with Crippen molar-refractivity contribution in [1.82, 2.24) is 0 Å². The van der Waals surface area contributed by atoms with Crippen molar-refractivity contribution < 1.29 is 18.8 Å². The molecule has 130 valence electrons. The zero-order valence-corrected chi connectivity index (χ0v) is 15.6. The molecule has 6 heteroatoms. The molecule has 0 unspecified atom stereocenters. The van der Waals surface area contributed by atoms with Gasteiger partial charge in [-0.1, -0.05) is 6.07 Å². The van der Waals surface area contributed by atoms with Gasteiger partial charge in [-0.2, -0.15) is 0 Å². The number of aryl methyl sites for hydroxylation is 1. The highest BCUT2D eigenvalue weighted by atomic mass is 16.7. The molecule has 1 aromatic rings. The van der Waals surface area contributed by atoms with Gasteiger partial charge in [-0.15, -0.1) is 0 Å². The number of ether oxygens (including phenoxy) is 1. The van der Waals surface area contributed by atoms with Crippen LogP contribution in [-0.2, 0) is 14.0 Å². The lowest BCUT2D eigenvalue weighted by Crippen LogP contribution is -2.41. The number of rotatable bonds is 2. The number of anilines is 1. The van der Waals surface area contributed by atoms with E-state index in [2.05, 4.69) is 0 Å². The van der Waals surface area contributed by atoms with E-state index < -0.39 is 12.7 Å². The predicted octanol–water partition coefficient (Wildman–Crippen LogP) is 3.03. The molecule has 5 nitrogen and oxygen atoms in total. The summed E-state index contributed by atoms with van der Waals surface area (Å²) in [6, 6.07) is 5.89. The summed E-state index contributed by atoms with van der Waals surface area (Å²) >= 11 is 0. The highest BCUT2D eigenvalue weighted by molar-refractivity contribution is 6.62.